The lowest BCUT2D eigenvalue weighted by Crippen LogP contribution is -2.57. The van der Waals surface area contributed by atoms with Gasteiger partial charge in [0.05, 0.1) is 60.8 Å². The van der Waals surface area contributed by atoms with Crippen LogP contribution >= 0.6 is 23.2 Å². The molecule has 1 N–H and O–H groups in total. The molecule has 0 amide bonds. The van der Waals surface area contributed by atoms with Gasteiger partial charge in [-0.05, 0) is 30.9 Å². The predicted octanol–water partition coefficient (Wildman–Crippen LogP) is 5.20. The number of anilines is 2. The summed E-state index contributed by atoms with van der Waals surface area (Å²) < 4.78 is 22.4. The topological polar surface area (TPSA) is 108 Å². The number of nitrogens with zero attached hydrogens (tertiary/aromatic N) is 4. The van der Waals surface area contributed by atoms with Gasteiger partial charge in [0, 0.05) is 49.6 Å². The van der Waals surface area contributed by atoms with Crippen LogP contribution in [0.4, 0.5) is 11.6 Å². The molecular formula is C30H33Cl2N5O5. The number of halogens is 2. The molecule has 0 radical (unpaired) electrons. The Kier molecular flexibility index (Phi) is 8.15. The molecule has 5 heterocycles. The van der Waals surface area contributed by atoms with Crippen molar-refractivity contribution in [1.29, 1.82) is 0 Å². The van der Waals surface area contributed by atoms with E-state index < -0.39 is 0 Å². The smallest absolute Gasteiger partial charge is 0.165 e. The SMILES string of the molecule is C=CC(=O)C[C@H]1CCOC[C@H]1Nc1cc2c(N3CC4(CCOC4)C3)nc(-c3c(Cl)c(OC)cc(OC)c3Cl)nc2cn1. The molecule has 0 saturated carbocycles. The maximum atomic E-state index is 12.1. The summed E-state index contributed by atoms with van der Waals surface area (Å²) in [5, 5.41) is 4.93. The van der Waals surface area contributed by atoms with Crippen LogP contribution in [0.3, 0.4) is 0 Å². The number of ether oxygens (including phenoxy) is 4. The number of carbonyl (C=O) groups is 1. The van der Waals surface area contributed by atoms with Crippen molar-refractivity contribution in [3.8, 4) is 22.9 Å². The zero-order valence-electron chi connectivity index (χ0n) is 23.6. The standard InChI is InChI=1S/C30H33Cl2N5O5/c1-4-18(38)9-17-5-7-41-13-21(17)34-24-10-19-20(12-33-24)35-28(25-26(31)22(39-2)11-23(40-3)27(25)32)36-29(19)37-14-30(15-37)6-8-42-16-30/h4,10-12,17,21H,1,5-9,13-16H2,2-3H3,(H,33,34)/t17-,21-/m1/s1. The van der Waals surface area contributed by atoms with Crippen LogP contribution in [0.5, 0.6) is 11.5 Å². The van der Waals surface area contributed by atoms with Crippen molar-refractivity contribution in [2.75, 3.05) is 64.0 Å². The molecule has 3 saturated heterocycles. The number of aromatic nitrogens is 3. The number of allylic oxidation sites excluding steroid dienone is 1. The molecule has 2 atom stereocenters. The first-order valence-corrected chi connectivity index (χ1v) is 14.7. The number of ketones is 1. The molecular weight excluding hydrogens is 581 g/mol. The fraction of sp³-hybridized carbons (Fsp3) is 0.467. The number of pyridine rings is 1. The molecule has 0 unspecified atom stereocenters. The van der Waals surface area contributed by atoms with E-state index in [0.29, 0.717) is 63.9 Å². The van der Waals surface area contributed by atoms with Gasteiger partial charge in [-0.15, -0.1) is 0 Å². The van der Waals surface area contributed by atoms with Crippen LogP contribution in [0, 0.1) is 11.3 Å². The molecule has 42 heavy (non-hydrogen) atoms. The summed E-state index contributed by atoms with van der Waals surface area (Å²) in [6.07, 6.45) is 5.32. The van der Waals surface area contributed by atoms with Crippen molar-refractivity contribution in [2.24, 2.45) is 11.3 Å². The summed E-state index contributed by atoms with van der Waals surface area (Å²) in [7, 11) is 3.06. The van der Waals surface area contributed by atoms with Crippen molar-refractivity contribution in [1.82, 2.24) is 15.0 Å². The third-order valence-electron chi connectivity index (χ3n) is 8.42. The first-order chi connectivity index (χ1) is 20.3. The van der Waals surface area contributed by atoms with E-state index in [0.717, 1.165) is 50.3 Å². The van der Waals surface area contributed by atoms with Gasteiger partial charge in [-0.2, -0.15) is 0 Å². The average molecular weight is 615 g/mol. The van der Waals surface area contributed by atoms with Gasteiger partial charge in [-0.1, -0.05) is 29.8 Å². The second kappa shape index (κ2) is 11.8. The highest BCUT2D eigenvalue weighted by molar-refractivity contribution is 6.41. The van der Waals surface area contributed by atoms with Crippen LogP contribution in [0.15, 0.2) is 31.0 Å². The average Bonchev–Trinajstić information content (AvgIpc) is 3.48. The fourth-order valence-electron chi connectivity index (χ4n) is 6.06. The Morgan fingerprint density at radius 1 is 1.17 bits per heavy atom. The first kappa shape index (κ1) is 28.9. The third-order valence-corrected chi connectivity index (χ3v) is 9.17. The summed E-state index contributed by atoms with van der Waals surface area (Å²) in [5.74, 6) is 2.71. The molecule has 0 aliphatic carbocycles. The minimum absolute atomic E-state index is 0.0254. The summed E-state index contributed by atoms with van der Waals surface area (Å²) >= 11 is 13.5. The Bertz CT molecular complexity index is 1490. The van der Waals surface area contributed by atoms with Gasteiger partial charge < -0.3 is 29.2 Å². The number of nitrogens with one attached hydrogen (secondary N) is 1. The van der Waals surface area contributed by atoms with Crippen molar-refractivity contribution < 1.29 is 23.7 Å². The maximum Gasteiger partial charge on any atom is 0.165 e. The molecule has 3 aliphatic heterocycles. The predicted molar refractivity (Wildman–Crippen MR) is 162 cm³/mol. The number of rotatable bonds is 9. The van der Waals surface area contributed by atoms with Gasteiger partial charge in [0.25, 0.3) is 0 Å². The van der Waals surface area contributed by atoms with Crippen LogP contribution in [0.1, 0.15) is 19.3 Å². The van der Waals surface area contributed by atoms with Crippen LogP contribution in [0.25, 0.3) is 22.3 Å². The Labute approximate surface area is 254 Å². The Balaban J connectivity index is 1.41. The van der Waals surface area contributed by atoms with E-state index in [2.05, 4.69) is 21.8 Å². The van der Waals surface area contributed by atoms with Crippen molar-refractivity contribution in [3.05, 3.63) is 41.0 Å². The van der Waals surface area contributed by atoms with Crippen molar-refractivity contribution in [2.45, 2.75) is 25.3 Å². The molecule has 3 aromatic rings. The molecule has 10 nitrogen and oxygen atoms in total. The van der Waals surface area contributed by atoms with Gasteiger partial charge >= 0.3 is 0 Å². The van der Waals surface area contributed by atoms with Gasteiger partial charge in [-0.25, -0.2) is 15.0 Å². The van der Waals surface area contributed by atoms with E-state index in [1.807, 2.05) is 6.07 Å². The number of hydrogen-bond acceptors (Lipinski definition) is 10. The number of hydrogen-bond donors (Lipinski definition) is 1. The summed E-state index contributed by atoms with van der Waals surface area (Å²) in [5.41, 5.74) is 1.19. The molecule has 0 bridgehead atoms. The third kappa shape index (κ3) is 5.37. The molecule has 12 heteroatoms. The normalized spacial score (nSPS) is 21.3. The Hall–Kier alpha value is -3.18. The largest absolute Gasteiger partial charge is 0.495 e. The Morgan fingerprint density at radius 3 is 2.60 bits per heavy atom. The molecule has 222 valence electrons. The molecule has 3 aliphatic rings. The van der Waals surface area contributed by atoms with E-state index in [1.165, 1.54) is 20.3 Å². The zero-order chi connectivity index (χ0) is 29.4. The quantitative estimate of drug-likeness (QED) is 0.323. The lowest BCUT2D eigenvalue weighted by Gasteiger charge is -2.48. The van der Waals surface area contributed by atoms with Crippen LogP contribution in [-0.2, 0) is 14.3 Å². The minimum atomic E-state index is -0.0685. The molecule has 1 spiro atoms. The zero-order valence-corrected chi connectivity index (χ0v) is 25.1. The highest BCUT2D eigenvalue weighted by Gasteiger charge is 2.47. The number of benzene rings is 1. The van der Waals surface area contributed by atoms with E-state index >= 15 is 0 Å². The molecule has 3 fully saturated rings. The second-order valence-electron chi connectivity index (χ2n) is 11.1. The van der Waals surface area contributed by atoms with E-state index in [1.54, 1.807) is 12.3 Å². The number of carbonyl (C=O) groups excluding carboxylic acids is 1. The number of methoxy groups -OCH3 is 2. The van der Waals surface area contributed by atoms with Gasteiger partial charge in [0.2, 0.25) is 0 Å². The molecule has 2 aromatic heterocycles. The summed E-state index contributed by atoms with van der Waals surface area (Å²) in [6.45, 7) is 7.88. The van der Waals surface area contributed by atoms with Crippen molar-refractivity contribution >= 4 is 51.5 Å². The van der Waals surface area contributed by atoms with E-state index in [9.17, 15) is 4.79 Å². The van der Waals surface area contributed by atoms with E-state index in [4.69, 9.17) is 52.1 Å². The van der Waals surface area contributed by atoms with Gasteiger partial charge in [-0.3, -0.25) is 4.79 Å². The van der Waals surface area contributed by atoms with Crippen molar-refractivity contribution in [3.63, 3.8) is 0 Å². The van der Waals surface area contributed by atoms with E-state index in [-0.39, 0.29) is 23.2 Å². The highest BCUT2D eigenvalue weighted by Crippen LogP contribution is 2.47. The second-order valence-corrected chi connectivity index (χ2v) is 11.9. The number of fused-ring (bicyclic) bond motifs is 1. The Morgan fingerprint density at radius 2 is 1.93 bits per heavy atom. The summed E-state index contributed by atoms with van der Waals surface area (Å²) in [6, 6.07) is 3.53. The minimum Gasteiger partial charge on any atom is -0.495 e. The lowest BCUT2D eigenvalue weighted by atomic mass is 9.79. The first-order valence-electron chi connectivity index (χ1n) is 13.9. The monoisotopic (exact) mass is 613 g/mol. The summed E-state index contributed by atoms with van der Waals surface area (Å²) in [4.78, 5) is 28.9. The fourth-order valence-corrected chi connectivity index (χ4v) is 6.73. The molecule has 6 rings (SSSR count). The lowest BCUT2D eigenvalue weighted by molar-refractivity contribution is -0.116. The van der Waals surface area contributed by atoms with Crippen LogP contribution in [0.2, 0.25) is 10.0 Å². The van der Waals surface area contributed by atoms with Gasteiger partial charge in [0.1, 0.15) is 23.1 Å². The van der Waals surface area contributed by atoms with Crippen LogP contribution < -0.4 is 19.7 Å². The maximum absolute atomic E-state index is 12.1. The highest BCUT2D eigenvalue weighted by atomic mass is 35.5. The van der Waals surface area contributed by atoms with Crippen LogP contribution in [-0.4, -0.2) is 80.5 Å². The molecule has 1 aromatic carbocycles. The van der Waals surface area contributed by atoms with Gasteiger partial charge in [0.15, 0.2) is 11.6 Å².